The number of morpholine rings is 1. The maximum absolute atomic E-state index is 14.1. The van der Waals surface area contributed by atoms with Crippen molar-refractivity contribution in [3.8, 4) is 22.8 Å². The van der Waals surface area contributed by atoms with Gasteiger partial charge in [-0.3, -0.25) is 14.3 Å². The molecule has 38 heavy (non-hydrogen) atoms. The molecule has 3 aromatic rings. The number of amides is 1. The second-order valence-electron chi connectivity index (χ2n) is 9.77. The summed E-state index contributed by atoms with van der Waals surface area (Å²) in [7, 11) is 1.37. The van der Waals surface area contributed by atoms with Crippen molar-refractivity contribution in [1.82, 2.24) is 24.6 Å². The normalized spacial score (nSPS) is 16.1. The first-order valence-electron chi connectivity index (χ1n) is 13.0. The van der Waals surface area contributed by atoms with Gasteiger partial charge in [-0.05, 0) is 62.6 Å². The Morgan fingerprint density at radius 3 is 2.68 bits per heavy atom. The number of benzene rings is 2. The average Bonchev–Trinajstić information content (AvgIpc) is 3.23. The van der Waals surface area contributed by atoms with Crippen molar-refractivity contribution in [2.45, 2.75) is 52.2 Å². The van der Waals surface area contributed by atoms with E-state index in [1.54, 1.807) is 0 Å². The number of hydrogen-bond donors (Lipinski definition) is 1. The Morgan fingerprint density at radius 1 is 1.24 bits per heavy atom. The average molecular weight is 526 g/mol. The minimum atomic E-state index is -0.528. The minimum Gasteiger partial charge on any atom is -0.494 e. The summed E-state index contributed by atoms with van der Waals surface area (Å²) < 4.78 is 27.3. The summed E-state index contributed by atoms with van der Waals surface area (Å²) in [4.78, 5) is 28.5. The molecule has 1 aliphatic heterocycles. The van der Waals surface area contributed by atoms with Crippen LogP contribution < -0.4 is 15.7 Å². The molecule has 1 unspecified atom stereocenters. The van der Waals surface area contributed by atoms with E-state index in [2.05, 4.69) is 22.2 Å². The Kier molecular flexibility index (Phi) is 8.96. The molecular weight excluding hydrogens is 489 g/mol. The fraction of sp³-hybridized carbons (Fsp3) is 0.464. The number of hydrogen-bond acceptors (Lipinski definition) is 6. The highest BCUT2D eigenvalue weighted by Gasteiger charge is 2.22. The highest BCUT2D eigenvalue weighted by molar-refractivity contribution is 5.76. The van der Waals surface area contributed by atoms with Crippen LogP contribution in [-0.2, 0) is 22.5 Å². The molecule has 1 saturated heterocycles. The van der Waals surface area contributed by atoms with Gasteiger partial charge in [-0.2, -0.15) is 4.68 Å². The third-order valence-electron chi connectivity index (χ3n) is 6.71. The predicted octanol–water partition coefficient (Wildman–Crippen LogP) is 3.03. The van der Waals surface area contributed by atoms with Crippen molar-refractivity contribution in [1.29, 1.82) is 0 Å². The molecule has 204 valence electrons. The lowest BCUT2D eigenvalue weighted by Crippen LogP contribution is -2.45. The first-order chi connectivity index (χ1) is 18.3. The van der Waals surface area contributed by atoms with Crippen molar-refractivity contribution in [3.05, 3.63) is 64.3 Å². The number of rotatable bonds is 10. The third kappa shape index (κ3) is 6.31. The number of halogens is 1. The van der Waals surface area contributed by atoms with Crippen LogP contribution in [0.25, 0.3) is 17.1 Å². The van der Waals surface area contributed by atoms with E-state index in [1.807, 2.05) is 38.1 Å². The second kappa shape index (κ2) is 12.4. The van der Waals surface area contributed by atoms with Gasteiger partial charge in [0.05, 0.1) is 26.0 Å². The van der Waals surface area contributed by atoms with Crippen LogP contribution in [-0.4, -0.2) is 70.7 Å². The van der Waals surface area contributed by atoms with Crippen LogP contribution in [0.1, 0.15) is 32.8 Å². The third-order valence-corrected chi connectivity index (χ3v) is 6.71. The van der Waals surface area contributed by atoms with Crippen LogP contribution in [0.3, 0.4) is 0 Å². The molecule has 0 spiro atoms. The molecule has 1 atom stereocenters. The zero-order chi connectivity index (χ0) is 27.2. The Labute approximate surface area is 222 Å². The van der Waals surface area contributed by atoms with Gasteiger partial charge in [0, 0.05) is 30.7 Å². The minimum absolute atomic E-state index is 0.0256. The maximum atomic E-state index is 14.1. The van der Waals surface area contributed by atoms with Crippen LogP contribution in [0, 0.1) is 5.82 Å². The number of ether oxygens (including phenoxy) is 2. The van der Waals surface area contributed by atoms with Gasteiger partial charge in [0.15, 0.2) is 17.4 Å². The zero-order valence-corrected chi connectivity index (χ0v) is 22.4. The van der Waals surface area contributed by atoms with Crippen LogP contribution >= 0.6 is 0 Å². The fourth-order valence-electron chi connectivity index (χ4n) is 4.67. The Morgan fingerprint density at radius 2 is 2.00 bits per heavy atom. The van der Waals surface area contributed by atoms with Gasteiger partial charge in [0.25, 0.3) is 0 Å². The molecule has 1 aliphatic rings. The molecule has 1 aromatic heterocycles. The monoisotopic (exact) mass is 525 g/mol. The molecule has 2 aromatic carbocycles. The van der Waals surface area contributed by atoms with Gasteiger partial charge < -0.3 is 14.8 Å². The maximum Gasteiger partial charge on any atom is 0.351 e. The summed E-state index contributed by atoms with van der Waals surface area (Å²) in [5, 5.41) is 7.35. The fourth-order valence-corrected chi connectivity index (χ4v) is 4.67. The zero-order valence-electron chi connectivity index (χ0n) is 22.4. The van der Waals surface area contributed by atoms with Crippen molar-refractivity contribution in [2.75, 3.05) is 33.4 Å². The summed E-state index contributed by atoms with van der Waals surface area (Å²) in [6.07, 6.45) is 1.94. The van der Waals surface area contributed by atoms with E-state index in [0.717, 1.165) is 44.7 Å². The number of carbonyl (C=O) groups excluding carboxylic acids is 1. The molecule has 1 fully saturated rings. The summed E-state index contributed by atoms with van der Waals surface area (Å²) in [6, 6.07) is 12.3. The van der Waals surface area contributed by atoms with Gasteiger partial charge in [-0.25, -0.2) is 9.18 Å². The van der Waals surface area contributed by atoms with E-state index >= 15 is 0 Å². The molecule has 0 bridgehead atoms. The van der Waals surface area contributed by atoms with Gasteiger partial charge >= 0.3 is 5.69 Å². The van der Waals surface area contributed by atoms with Gasteiger partial charge in [-0.1, -0.05) is 19.1 Å². The topological polar surface area (TPSA) is 90.6 Å². The smallest absolute Gasteiger partial charge is 0.351 e. The highest BCUT2D eigenvalue weighted by Crippen LogP contribution is 2.25. The summed E-state index contributed by atoms with van der Waals surface area (Å²) in [5.41, 5.74) is 1.73. The van der Waals surface area contributed by atoms with E-state index in [9.17, 15) is 14.0 Å². The number of carbonyl (C=O) groups is 1. The van der Waals surface area contributed by atoms with Gasteiger partial charge in [0.1, 0.15) is 6.54 Å². The Bertz CT molecular complexity index is 1300. The molecule has 1 amide bonds. The van der Waals surface area contributed by atoms with Crippen molar-refractivity contribution in [3.63, 3.8) is 0 Å². The van der Waals surface area contributed by atoms with E-state index in [0.29, 0.717) is 17.3 Å². The van der Waals surface area contributed by atoms with Gasteiger partial charge in [-0.15, -0.1) is 5.10 Å². The van der Waals surface area contributed by atoms with Crippen molar-refractivity contribution < 1.29 is 18.7 Å². The summed E-state index contributed by atoms with van der Waals surface area (Å²) in [5.74, 6) is -0.576. The van der Waals surface area contributed by atoms with E-state index in [4.69, 9.17) is 9.47 Å². The SMILES string of the molecule is CCC1COCCN1CCc1ccc(-n2nc(-c3ccc(F)c(OC)c3)n(CC(=O)NC(C)C)c2=O)cc1. The number of aromatic nitrogens is 3. The first-order valence-corrected chi connectivity index (χ1v) is 13.0. The van der Waals surface area contributed by atoms with Crippen LogP contribution in [0.5, 0.6) is 5.75 Å². The quantitative estimate of drug-likeness (QED) is 0.438. The predicted molar refractivity (Wildman–Crippen MR) is 143 cm³/mol. The molecular formula is C28H36FN5O4. The summed E-state index contributed by atoms with van der Waals surface area (Å²) in [6.45, 7) is 9.07. The molecule has 4 rings (SSSR count). The molecule has 10 heteroatoms. The lowest BCUT2D eigenvalue weighted by Gasteiger charge is -2.35. The van der Waals surface area contributed by atoms with Crippen LogP contribution in [0.2, 0.25) is 0 Å². The highest BCUT2D eigenvalue weighted by atomic mass is 19.1. The largest absolute Gasteiger partial charge is 0.494 e. The van der Waals surface area contributed by atoms with Crippen molar-refractivity contribution >= 4 is 5.91 Å². The second-order valence-corrected chi connectivity index (χ2v) is 9.77. The first kappa shape index (κ1) is 27.5. The molecule has 1 N–H and O–H groups in total. The Hall–Kier alpha value is -3.50. The number of methoxy groups -OCH3 is 1. The standard InChI is InChI=1S/C28H36FN5O4/c1-5-22-18-38-15-14-32(22)13-12-20-6-9-23(10-7-20)34-28(36)33(17-26(35)30-19(2)3)27(31-34)21-8-11-24(29)25(16-21)37-4/h6-11,16,19,22H,5,12-15,17-18H2,1-4H3,(H,30,35). The Balaban J connectivity index is 1.61. The van der Waals surface area contributed by atoms with E-state index in [-0.39, 0.29) is 30.1 Å². The number of nitrogens with zero attached hydrogens (tertiary/aromatic N) is 4. The van der Waals surface area contributed by atoms with Gasteiger partial charge in [0.2, 0.25) is 5.91 Å². The summed E-state index contributed by atoms with van der Waals surface area (Å²) >= 11 is 0. The molecule has 2 heterocycles. The van der Waals surface area contributed by atoms with Crippen molar-refractivity contribution in [2.24, 2.45) is 0 Å². The lowest BCUT2D eigenvalue weighted by molar-refractivity contribution is -0.122. The molecule has 0 aliphatic carbocycles. The molecule has 9 nitrogen and oxygen atoms in total. The lowest BCUT2D eigenvalue weighted by atomic mass is 10.1. The van der Waals surface area contributed by atoms with Crippen LogP contribution in [0.15, 0.2) is 47.3 Å². The molecule has 0 radical (unpaired) electrons. The van der Waals surface area contributed by atoms with Crippen LogP contribution in [0.4, 0.5) is 4.39 Å². The molecule has 0 saturated carbocycles. The van der Waals surface area contributed by atoms with E-state index in [1.165, 1.54) is 34.6 Å². The number of nitrogens with one attached hydrogen (secondary N) is 1. The van der Waals surface area contributed by atoms with E-state index < -0.39 is 11.5 Å².